The summed E-state index contributed by atoms with van der Waals surface area (Å²) in [4.78, 5) is 9.08. The quantitative estimate of drug-likeness (QED) is 0.653. The zero-order valence-corrected chi connectivity index (χ0v) is 13.0. The summed E-state index contributed by atoms with van der Waals surface area (Å²) in [7, 11) is 1.66. The van der Waals surface area contributed by atoms with Crippen molar-refractivity contribution in [1.82, 2.24) is 9.97 Å². The largest absolute Gasteiger partial charge is 0.496 e. The van der Waals surface area contributed by atoms with Crippen molar-refractivity contribution in [3.05, 3.63) is 35.5 Å². The zero-order chi connectivity index (χ0) is 15.4. The molecule has 0 bridgehead atoms. The van der Waals surface area contributed by atoms with Crippen LogP contribution in [0.15, 0.2) is 24.3 Å². The molecular formula is C16H22N4O. The van der Waals surface area contributed by atoms with Gasteiger partial charge in [-0.05, 0) is 43.0 Å². The lowest BCUT2D eigenvalue weighted by molar-refractivity contribution is 0.412. The summed E-state index contributed by atoms with van der Waals surface area (Å²) in [5, 5.41) is 0. The average molecular weight is 286 g/mol. The van der Waals surface area contributed by atoms with E-state index in [0.29, 0.717) is 17.6 Å². The molecule has 1 heterocycles. The maximum Gasteiger partial charge on any atom is 0.161 e. The number of anilines is 1. The summed E-state index contributed by atoms with van der Waals surface area (Å²) in [6.07, 6.45) is 0.888. The number of nitrogen functional groups attached to an aromatic ring is 1. The highest BCUT2D eigenvalue weighted by molar-refractivity contribution is 5.60. The molecule has 0 atom stereocenters. The number of nitrogens with one attached hydrogen (secondary N) is 1. The number of hydrogen-bond acceptors (Lipinski definition) is 5. The highest BCUT2D eigenvalue weighted by Crippen LogP contribution is 2.25. The highest BCUT2D eigenvalue weighted by atomic mass is 16.5. The number of rotatable bonds is 5. The van der Waals surface area contributed by atoms with Gasteiger partial charge >= 0.3 is 0 Å². The second-order valence-corrected chi connectivity index (χ2v) is 5.49. The smallest absolute Gasteiger partial charge is 0.161 e. The van der Waals surface area contributed by atoms with Crippen molar-refractivity contribution in [3.8, 4) is 17.1 Å². The van der Waals surface area contributed by atoms with Crippen molar-refractivity contribution in [1.29, 1.82) is 0 Å². The Morgan fingerprint density at radius 2 is 2.00 bits per heavy atom. The molecule has 0 saturated heterocycles. The van der Waals surface area contributed by atoms with E-state index in [9.17, 15) is 0 Å². The number of aryl methyl sites for hydroxylation is 1. The number of aromatic nitrogens is 2. The highest BCUT2D eigenvalue weighted by Gasteiger charge is 2.09. The standard InChI is InChI=1S/C16H22N4O/c1-10(2)7-13-9-15(20-17)19-16(18-13)12-5-6-14(21-4)11(3)8-12/h5-6,8-10H,7,17H2,1-4H3,(H,18,19,20). The average Bonchev–Trinajstić information content (AvgIpc) is 2.46. The van der Waals surface area contributed by atoms with Gasteiger partial charge in [0.2, 0.25) is 0 Å². The second kappa shape index (κ2) is 6.54. The molecule has 3 N–H and O–H groups in total. The molecule has 5 heteroatoms. The van der Waals surface area contributed by atoms with Gasteiger partial charge in [0.05, 0.1) is 7.11 Å². The van der Waals surface area contributed by atoms with Gasteiger partial charge in [-0.3, -0.25) is 0 Å². The maximum absolute atomic E-state index is 5.51. The summed E-state index contributed by atoms with van der Waals surface area (Å²) >= 11 is 0. The van der Waals surface area contributed by atoms with E-state index >= 15 is 0 Å². The summed E-state index contributed by atoms with van der Waals surface area (Å²) in [6.45, 7) is 6.33. The molecule has 5 nitrogen and oxygen atoms in total. The van der Waals surface area contributed by atoms with Crippen LogP contribution in [0, 0.1) is 12.8 Å². The number of benzene rings is 1. The molecule has 0 aliphatic carbocycles. The number of nitrogens with two attached hydrogens (primary N) is 1. The zero-order valence-electron chi connectivity index (χ0n) is 13.0. The van der Waals surface area contributed by atoms with Crippen LogP contribution in [0.25, 0.3) is 11.4 Å². The Kier molecular flexibility index (Phi) is 4.75. The van der Waals surface area contributed by atoms with Crippen LogP contribution < -0.4 is 16.0 Å². The third-order valence-electron chi connectivity index (χ3n) is 3.20. The number of ether oxygens (including phenoxy) is 1. The molecule has 2 rings (SSSR count). The van der Waals surface area contributed by atoms with Crippen molar-refractivity contribution in [2.45, 2.75) is 27.2 Å². The molecule has 0 amide bonds. The number of hydrogen-bond donors (Lipinski definition) is 2. The maximum atomic E-state index is 5.51. The summed E-state index contributed by atoms with van der Waals surface area (Å²) in [5.74, 6) is 8.19. The fourth-order valence-electron chi connectivity index (χ4n) is 2.24. The predicted molar refractivity (Wildman–Crippen MR) is 85.1 cm³/mol. The van der Waals surface area contributed by atoms with Gasteiger partial charge in [0.15, 0.2) is 5.82 Å². The van der Waals surface area contributed by atoms with Gasteiger partial charge in [-0.1, -0.05) is 13.8 Å². The molecule has 0 radical (unpaired) electrons. The van der Waals surface area contributed by atoms with Crippen molar-refractivity contribution in [2.24, 2.45) is 11.8 Å². The van der Waals surface area contributed by atoms with Crippen molar-refractivity contribution in [2.75, 3.05) is 12.5 Å². The predicted octanol–water partition coefficient (Wildman–Crippen LogP) is 2.94. The van der Waals surface area contributed by atoms with Gasteiger partial charge in [0.25, 0.3) is 0 Å². The first-order chi connectivity index (χ1) is 10.0. The molecule has 21 heavy (non-hydrogen) atoms. The summed E-state index contributed by atoms with van der Waals surface area (Å²) in [5.41, 5.74) is 5.60. The Bertz CT molecular complexity index is 626. The lowest BCUT2D eigenvalue weighted by atomic mass is 10.1. The lowest BCUT2D eigenvalue weighted by Gasteiger charge is -2.11. The minimum atomic E-state index is 0.524. The molecule has 0 unspecified atom stereocenters. The van der Waals surface area contributed by atoms with E-state index in [1.807, 2.05) is 31.2 Å². The van der Waals surface area contributed by atoms with E-state index in [-0.39, 0.29) is 0 Å². The van der Waals surface area contributed by atoms with E-state index in [4.69, 9.17) is 10.6 Å². The van der Waals surface area contributed by atoms with E-state index < -0.39 is 0 Å². The van der Waals surface area contributed by atoms with Crippen LogP contribution in [0.3, 0.4) is 0 Å². The first kappa shape index (κ1) is 15.3. The van der Waals surface area contributed by atoms with Crippen molar-refractivity contribution < 1.29 is 4.74 Å². The van der Waals surface area contributed by atoms with Crippen LogP contribution in [-0.4, -0.2) is 17.1 Å². The van der Waals surface area contributed by atoms with Gasteiger partial charge < -0.3 is 10.2 Å². The first-order valence-electron chi connectivity index (χ1n) is 7.03. The number of hydrazine groups is 1. The van der Waals surface area contributed by atoms with Crippen LogP contribution in [0.2, 0.25) is 0 Å². The Hall–Kier alpha value is -2.14. The Morgan fingerprint density at radius 3 is 2.57 bits per heavy atom. The molecule has 0 spiro atoms. The minimum absolute atomic E-state index is 0.524. The SMILES string of the molecule is COc1ccc(-c2nc(CC(C)C)cc(NN)n2)cc1C. The van der Waals surface area contributed by atoms with E-state index in [0.717, 1.165) is 29.0 Å². The Morgan fingerprint density at radius 1 is 1.24 bits per heavy atom. The molecule has 1 aromatic carbocycles. The molecule has 2 aromatic rings. The second-order valence-electron chi connectivity index (χ2n) is 5.49. The van der Waals surface area contributed by atoms with Crippen LogP contribution in [0.5, 0.6) is 5.75 Å². The lowest BCUT2D eigenvalue weighted by Crippen LogP contribution is -2.11. The first-order valence-corrected chi connectivity index (χ1v) is 7.03. The van der Waals surface area contributed by atoms with Gasteiger partial charge in [-0.2, -0.15) is 0 Å². The molecule has 112 valence electrons. The summed E-state index contributed by atoms with van der Waals surface area (Å²) < 4.78 is 5.28. The molecule has 0 fully saturated rings. The van der Waals surface area contributed by atoms with Crippen LogP contribution in [0.4, 0.5) is 5.82 Å². The molecule has 1 aromatic heterocycles. The van der Waals surface area contributed by atoms with E-state index in [1.165, 1.54) is 0 Å². The van der Waals surface area contributed by atoms with Crippen LogP contribution in [-0.2, 0) is 6.42 Å². The van der Waals surface area contributed by atoms with E-state index in [2.05, 4.69) is 29.2 Å². The van der Waals surface area contributed by atoms with Crippen molar-refractivity contribution in [3.63, 3.8) is 0 Å². The molecule has 0 aliphatic heterocycles. The van der Waals surface area contributed by atoms with Gasteiger partial charge in [-0.15, -0.1) is 0 Å². The van der Waals surface area contributed by atoms with Crippen LogP contribution >= 0.6 is 0 Å². The Labute approximate surface area is 125 Å². The van der Waals surface area contributed by atoms with Crippen LogP contribution in [0.1, 0.15) is 25.1 Å². The fourth-order valence-corrected chi connectivity index (χ4v) is 2.24. The third kappa shape index (κ3) is 3.70. The van der Waals surface area contributed by atoms with Gasteiger partial charge in [-0.25, -0.2) is 15.8 Å². The Balaban J connectivity index is 2.44. The minimum Gasteiger partial charge on any atom is -0.496 e. The van der Waals surface area contributed by atoms with E-state index in [1.54, 1.807) is 7.11 Å². The third-order valence-corrected chi connectivity index (χ3v) is 3.20. The van der Waals surface area contributed by atoms with Gasteiger partial charge in [0, 0.05) is 17.3 Å². The number of nitrogens with zero attached hydrogens (tertiary/aromatic N) is 2. The van der Waals surface area contributed by atoms with Gasteiger partial charge in [0.1, 0.15) is 11.6 Å². The normalized spacial score (nSPS) is 10.8. The molecule has 0 saturated carbocycles. The summed E-state index contributed by atoms with van der Waals surface area (Å²) in [6, 6.07) is 7.80. The molecular weight excluding hydrogens is 264 g/mol. The molecule has 0 aliphatic rings. The number of methoxy groups -OCH3 is 1. The topological polar surface area (TPSA) is 73.1 Å². The fraction of sp³-hybridized carbons (Fsp3) is 0.375. The monoisotopic (exact) mass is 286 g/mol. The van der Waals surface area contributed by atoms with Crippen molar-refractivity contribution >= 4 is 5.82 Å².